The average Bonchev–Trinajstić information content (AvgIpc) is 3.24. The normalized spacial score (nSPS) is 24.5. The van der Waals surface area contributed by atoms with Gasteiger partial charge >= 0.3 is 0 Å². The summed E-state index contributed by atoms with van der Waals surface area (Å²) in [6, 6.07) is 0.515. The highest BCUT2D eigenvalue weighted by Gasteiger charge is 2.39. The van der Waals surface area contributed by atoms with Gasteiger partial charge in [-0.3, -0.25) is 14.8 Å². The molecule has 3 saturated heterocycles. The van der Waals surface area contributed by atoms with Gasteiger partial charge in [0.1, 0.15) is 0 Å². The molecule has 3 aliphatic rings. The predicted molar refractivity (Wildman–Crippen MR) is 128 cm³/mol. The van der Waals surface area contributed by atoms with Crippen molar-refractivity contribution < 1.29 is 4.74 Å². The summed E-state index contributed by atoms with van der Waals surface area (Å²) in [7, 11) is 0. The number of nitrogens with zero attached hydrogens (tertiary/aromatic N) is 3. The lowest BCUT2D eigenvalue weighted by atomic mass is 9.88. The first-order valence-electron chi connectivity index (χ1n) is 11.0. The second kappa shape index (κ2) is 12.3. The third kappa shape index (κ3) is 6.57. The van der Waals surface area contributed by atoms with E-state index in [1.54, 1.807) is 0 Å². The van der Waals surface area contributed by atoms with Crippen LogP contribution in [0.2, 0.25) is 0 Å². The van der Waals surface area contributed by atoms with E-state index in [1.165, 1.54) is 38.8 Å². The number of hydrogen-bond acceptors (Lipinski definition) is 4. The topological polar surface area (TPSA) is 52.1 Å². The van der Waals surface area contributed by atoms with Crippen LogP contribution in [0.1, 0.15) is 45.4 Å². The van der Waals surface area contributed by atoms with Gasteiger partial charge in [-0.2, -0.15) is 0 Å². The van der Waals surface area contributed by atoms with Crippen molar-refractivity contribution in [1.82, 2.24) is 20.4 Å². The minimum Gasteiger partial charge on any atom is -0.381 e. The van der Waals surface area contributed by atoms with Crippen molar-refractivity contribution in [3.63, 3.8) is 0 Å². The van der Waals surface area contributed by atoms with Crippen molar-refractivity contribution in [2.75, 3.05) is 59.0 Å². The Morgan fingerprint density at radius 3 is 2.46 bits per heavy atom. The Hall–Kier alpha value is -0.380. The summed E-state index contributed by atoms with van der Waals surface area (Å²) in [6.07, 6.45) is 9.21. The van der Waals surface area contributed by atoms with Crippen LogP contribution >= 0.6 is 24.0 Å². The molecular formula is C21H40IN5O. The van der Waals surface area contributed by atoms with Crippen LogP contribution in [0, 0.1) is 0 Å². The lowest BCUT2D eigenvalue weighted by molar-refractivity contribution is -0.0139. The number of likely N-dealkylation sites (tertiary alicyclic amines) is 2. The van der Waals surface area contributed by atoms with E-state index in [-0.39, 0.29) is 29.5 Å². The number of rotatable bonds is 7. The Morgan fingerprint density at radius 1 is 1.18 bits per heavy atom. The van der Waals surface area contributed by atoms with Gasteiger partial charge in [0.25, 0.3) is 0 Å². The second-order valence-corrected chi connectivity index (χ2v) is 8.23. The van der Waals surface area contributed by atoms with Gasteiger partial charge in [0.2, 0.25) is 0 Å². The van der Waals surface area contributed by atoms with Gasteiger partial charge in [-0.25, -0.2) is 0 Å². The Bertz CT molecular complexity index is 481. The van der Waals surface area contributed by atoms with Crippen LogP contribution in [0.25, 0.3) is 0 Å². The van der Waals surface area contributed by atoms with E-state index in [2.05, 4.69) is 33.9 Å². The molecule has 0 aromatic heterocycles. The molecule has 0 unspecified atom stereocenters. The monoisotopic (exact) mass is 505 g/mol. The minimum atomic E-state index is 0. The van der Waals surface area contributed by atoms with Gasteiger partial charge in [0.15, 0.2) is 5.96 Å². The summed E-state index contributed by atoms with van der Waals surface area (Å²) in [5, 5.41) is 7.18. The summed E-state index contributed by atoms with van der Waals surface area (Å²) in [5.41, 5.74) is 0.199. The molecule has 0 amide bonds. The molecule has 3 heterocycles. The van der Waals surface area contributed by atoms with Crippen LogP contribution < -0.4 is 10.6 Å². The Morgan fingerprint density at radius 2 is 1.86 bits per heavy atom. The van der Waals surface area contributed by atoms with E-state index < -0.39 is 0 Å². The highest BCUT2D eigenvalue weighted by molar-refractivity contribution is 14.0. The fourth-order valence-electron chi connectivity index (χ4n) is 4.70. The van der Waals surface area contributed by atoms with Crippen molar-refractivity contribution in [3.05, 3.63) is 12.7 Å². The first-order valence-corrected chi connectivity index (χ1v) is 11.0. The van der Waals surface area contributed by atoms with Crippen molar-refractivity contribution in [1.29, 1.82) is 0 Å². The molecule has 0 radical (unpaired) electrons. The molecule has 2 N–H and O–H groups in total. The van der Waals surface area contributed by atoms with E-state index in [1.807, 2.05) is 6.08 Å². The molecule has 28 heavy (non-hydrogen) atoms. The van der Waals surface area contributed by atoms with Crippen molar-refractivity contribution in [2.24, 2.45) is 4.99 Å². The quantitative estimate of drug-likeness (QED) is 0.241. The van der Waals surface area contributed by atoms with E-state index in [0.29, 0.717) is 6.04 Å². The molecule has 162 valence electrons. The van der Waals surface area contributed by atoms with Gasteiger partial charge in [-0.15, -0.1) is 30.6 Å². The van der Waals surface area contributed by atoms with Gasteiger partial charge in [0, 0.05) is 51.0 Å². The SMILES string of the molecule is C=CCN1CCC(NC(=NCC2(N3CCCC3)CCOCC2)NCC)CC1.I. The molecule has 0 atom stereocenters. The molecular weight excluding hydrogens is 465 g/mol. The van der Waals surface area contributed by atoms with Crippen molar-refractivity contribution >= 4 is 29.9 Å². The largest absolute Gasteiger partial charge is 0.381 e. The van der Waals surface area contributed by atoms with E-state index in [0.717, 1.165) is 64.7 Å². The van der Waals surface area contributed by atoms with E-state index in [4.69, 9.17) is 9.73 Å². The Kier molecular flexibility index (Phi) is 10.5. The van der Waals surface area contributed by atoms with Gasteiger partial charge in [-0.1, -0.05) is 6.08 Å². The van der Waals surface area contributed by atoms with Crippen LogP contribution in [0.15, 0.2) is 17.6 Å². The lowest BCUT2D eigenvalue weighted by Crippen LogP contribution is -2.54. The van der Waals surface area contributed by atoms with Gasteiger partial charge in [0.05, 0.1) is 6.54 Å². The summed E-state index contributed by atoms with van der Waals surface area (Å²) in [5.74, 6) is 0.990. The van der Waals surface area contributed by atoms with Gasteiger partial charge in [-0.05, 0) is 58.5 Å². The highest BCUT2D eigenvalue weighted by atomic mass is 127. The zero-order valence-corrected chi connectivity index (χ0v) is 20.0. The third-order valence-electron chi connectivity index (χ3n) is 6.39. The Labute approximate surface area is 188 Å². The predicted octanol–water partition coefficient (Wildman–Crippen LogP) is 2.45. The van der Waals surface area contributed by atoms with Crippen LogP contribution in [-0.2, 0) is 4.74 Å². The summed E-state index contributed by atoms with van der Waals surface area (Å²) < 4.78 is 5.67. The number of guanidine groups is 1. The van der Waals surface area contributed by atoms with E-state index >= 15 is 0 Å². The molecule has 0 bridgehead atoms. The van der Waals surface area contributed by atoms with E-state index in [9.17, 15) is 0 Å². The maximum Gasteiger partial charge on any atom is 0.191 e. The standard InChI is InChI=1S/C21H39N5O.HI/c1-3-11-25-14-7-19(8-15-25)24-20(22-4-2)23-18-21(9-16-27-17-10-21)26-12-5-6-13-26;/h3,19H,1,4-18H2,2H3,(H2,22,23,24);1H. The number of piperidine rings is 1. The lowest BCUT2D eigenvalue weighted by Gasteiger charge is -2.43. The Balaban J connectivity index is 0.00000280. The number of nitrogens with one attached hydrogen (secondary N) is 2. The summed E-state index contributed by atoms with van der Waals surface area (Å²) >= 11 is 0. The van der Waals surface area contributed by atoms with Crippen LogP contribution in [0.3, 0.4) is 0 Å². The summed E-state index contributed by atoms with van der Waals surface area (Å²) in [4.78, 5) is 10.2. The number of ether oxygens (including phenoxy) is 1. The molecule has 7 heteroatoms. The first-order chi connectivity index (χ1) is 13.3. The smallest absolute Gasteiger partial charge is 0.191 e. The molecule has 0 saturated carbocycles. The maximum absolute atomic E-state index is 5.67. The number of hydrogen-bond donors (Lipinski definition) is 2. The van der Waals surface area contributed by atoms with Gasteiger partial charge < -0.3 is 15.4 Å². The second-order valence-electron chi connectivity index (χ2n) is 8.23. The van der Waals surface area contributed by atoms with Crippen LogP contribution in [0.4, 0.5) is 0 Å². The van der Waals surface area contributed by atoms with Crippen molar-refractivity contribution in [2.45, 2.75) is 57.0 Å². The molecule has 6 nitrogen and oxygen atoms in total. The molecule has 0 aromatic rings. The molecule has 0 aromatic carbocycles. The molecule has 3 rings (SSSR count). The van der Waals surface area contributed by atoms with Crippen LogP contribution in [0.5, 0.6) is 0 Å². The highest BCUT2D eigenvalue weighted by Crippen LogP contribution is 2.31. The average molecular weight is 505 g/mol. The number of aliphatic imine (C=N–C) groups is 1. The molecule has 0 aliphatic carbocycles. The number of halogens is 1. The fraction of sp³-hybridized carbons (Fsp3) is 0.857. The molecule has 0 spiro atoms. The first kappa shape index (κ1) is 23.9. The zero-order valence-electron chi connectivity index (χ0n) is 17.6. The van der Waals surface area contributed by atoms with Crippen LogP contribution in [-0.4, -0.2) is 86.4 Å². The summed E-state index contributed by atoms with van der Waals surface area (Å²) in [6.45, 7) is 15.3. The third-order valence-corrected chi connectivity index (χ3v) is 6.39. The fourth-order valence-corrected chi connectivity index (χ4v) is 4.70. The minimum absolute atomic E-state index is 0. The molecule has 3 aliphatic heterocycles. The molecule has 3 fully saturated rings. The maximum atomic E-state index is 5.67. The zero-order chi connectivity index (χ0) is 19.0. The van der Waals surface area contributed by atoms with Crippen molar-refractivity contribution in [3.8, 4) is 0 Å².